The Morgan fingerprint density at radius 2 is 1.87 bits per heavy atom. The SMILES string of the molecule is COC(=O)C1CCCCCCC1NC(=O)CCC1CCNC1.Cl. The minimum absolute atomic E-state index is 0. The Bertz CT molecular complexity index is 373. The number of halogens is 1. The molecule has 2 fully saturated rings. The summed E-state index contributed by atoms with van der Waals surface area (Å²) in [7, 11) is 1.44. The molecule has 0 radical (unpaired) electrons. The van der Waals surface area contributed by atoms with E-state index in [0.29, 0.717) is 12.3 Å². The Morgan fingerprint density at radius 1 is 1.13 bits per heavy atom. The van der Waals surface area contributed by atoms with Crippen LogP contribution in [0, 0.1) is 11.8 Å². The van der Waals surface area contributed by atoms with Gasteiger partial charge in [0, 0.05) is 12.5 Å². The van der Waals surface area contributed by atoms with Gasteiger partial charge >= 0.3 is 5.97 Å². The summed E-state index contributed by atoms with van der Waals surface area (Å²) >= 11 is 0. The van der Waals surface area contributed by atoms with Gasteiger partial charge in [0.1, 0.15) is 0 Å². The number of hydrogen-bond donors (Lipinski definition) is 2. The first-order valence-corrected chi connectivity index (χ1v) is 8.78. The molecule has 0 aromatic rings. The van der Waals surface area contributed by atoms with Crippen molar-refractivity contribution in [3.05, 3.63) is 0 Å². The summed E-state index contributed by atoms with van der Waals surface area (Å²) < 4.78 is 4.94. The monoisotopic (exact) mass is 346 g/mol. The lowest BCUT2D eigenvalue weighted by Gasteiger charge is -2.28. The number of methoxy groups -OCH3 is 1. The van der Waals surface area contributed by atoms with Crippen molar-refractivity contribution in [2.75, 3.05) is 20.2 Å². The number of nitrogens with one attached hydrogen (secondary N) is 2. The predicted octanol–water partition coefficient (Wildman–Crippen LogP) is 2.43. The number of ether oxygens (including phenoxy) is 1. The van der Waals surface area contributed by atoms with E-state index in [9.17, 15) is 9.59 Å². The van der Waals surface area contributed by atoms with E-state index in [1.807, 2.05) is 0 Å². The molecule has 23 heavy (non-hydrogen) atoms. The van der Waals surface area contributed by atoms with Gasteiger partial charge < -0.3 is 15.4 Å². The van der Waals surface area contributed by atoms with Crippen LogP contribution in [0.25, 0.3) is 0 Å². The first-order valence-electron chi connectivity index (χ1n) is 8.78. The van der Waals surface area contributed by atoms with Crippen LogP contribution < -0.4 is 10.6 Å². The fourth-order valence-electron chi connectivity index (χ4n) is 3.67. The summed E-state index contributed by atoms with van der Waals surface area (Å²) in [6.07, 6.45) is 8.86. The molecule has 0 spiro atoms. The highest BCUT2D eigenvalue weighted by Gasteiger charge is 2.30. The highest BCUT2D eigenvalue weighted by Crippen LogP contribution is 2.24. The number of hydrogen-bond acceptors (Lipinski definition) is 4. The zero-order valence-corrected chi connectivity index (χ0v) is 15.0. The predicted molar refractivity (Wildman–Crippen MR) is 92.6 cm³/mol. The van der Waals surface area contributed by atoms with Crippen molar-refractivity contribution >= 4 is 24.3 Å². The molecular formula is C17H31ClN2O3. The maximum atomic E-state index is 12.2. The van der Waals surface area contributed by atoms with E-state index in [0.717, 1.165) is 45.2 Å². The molecule has 6 heteroatoms. The summed E-state index contributed by atoms with van der Waals surface area (Å²) in [5.74, 6) is 0.362. The first kappa shape index (κ1) is 20.2. The summed E-state index contributed by atoms with van der Waals surface area (Å²) in [5, 5.41) is 6.45. The fourth-order valence-corrected chi connectivity index (χ4v) is 3.67. The molecule has 2 N–H and O–H groups in total. The molecule has 1 saturated heterocycles. The Labute approximate surface area is 145 Å². The van der Waals surface area contributed by atoms with Crippen LogP contribution in [0.5, 0.6) is 0 Å². The third-order valence-electron chi connectivity index (χ3n) is 5.06. The number of esters is 1. The van der Waals surface area contributed by atoms with Crippen LogP contribution in [0.2, 0.25) is 0 Å². The molecule has 2 rings (SSSR count). The molecule has 5 nitrogen and oxygen atoms in total. The Hall–Kier alpha value is -0.810. The zero-order valence-electron chi connectivity index (χ0n) is 14.1. The highest BCUT2D eigenvalue weighted by atomic mass is 35.5. The van der Waals surface area contributed by atoms with Gasteiger partial charge in [-0.25, -0.2) is 0 Å². The lowest BCUT2D eigenvalue weighted by molar-refractivity contribution is -0.147. The van der Waals surface area contributed by atoms with Crippen molar-refractivity contribution in [2.24, 2.45) is 11.8 Å². The Morgan fingerprint density at radius 3 is 2.52 bits per heavy atom. The Kier molecular flexibility index (Phi) is 9.56. The largest absolute Gasteiger partial charge is 0.469 e. The van der Waals surface area contributed by atoms with Gasteiger partial charge in [0.15, 0.2) is 0 Å². The number of carbonyl (C=O) groups is 2. The van der Waals surface area contributed by atoms with Crippen LogP contribution in [-0.4, -0.2) is 38.1 Å². The molecule has 0 aromatic carbocycles. The zero-order chi connectivity index (χ0) is 15.8. The smallest absolute Gasteiger partial charge is 0.310 e. The van der Waals surface area contributed by atoms with Gasteiger partial charge in [-0.2, -0.15) is 0 Å². The molecule has 0 bridgehead atoms. The lowest BCUT2D eigenvalue weighted by atomic mass is 9.86. The van der Waals surface area contributed by atoms with E-state index in [4.69, 9.17) is 4.74 Å². The van der Waals surface area contributed by atoms with Gasteiger partial charge in [-0.3, -0.25) is 9.59 Å². The summed E-state index contributed by atoms with van der Waals surface area (Å²) in [5.41, 5.74) is 0. The van der Waals surface area contributed by atoms with Crippen molar-refractivity contribution in [1.29, 1.82) is 0 Å². The molecular weight excluding hydrogens is 316 g/mol. The van der Waals surface area contributed by atoms with E-state index >= 15 is 0 Å². The number of carbonyl (C=O) groups excluding carboxylic acids is 2. The van der Waals surface area contributed by atoms with E-state index < -0.39 is 0 Å². The number of amides is 1. The average Bonchev–Trinajstić information content (AvgIpc) is 3.01. The molecule has 2 aliphatic rings. The molecule has 0 aromatic heterocycles. The lowest BCUT2D eigenvalue weighted by Crippen LogP contribution is -2.44. The molecule has 134 valence electrons. The molecule has 3 atom stereocenters. The normalized spacial score (nSPS) is 28.1. The summed E-state index contributed by atoms with van der Waals surface area (Å²) in [6, 6.07) is -0.0537. The Balaban J connectivity index is 0.00000264. The third kappa shape index (κ3) is 6.68. The first-order chi connectivity index (χ1) is 10.7. The van der Waals surface area contributed by atoms with E-state index in [-0.39, 0.29) is 36.2 Å². The average molecular weight is 347 g/mol. The second kappa shape index (κ2) is 10.9. The standard InChI is InChI=1S/C17H30N2O3.ClH/c1-22-17(21)14-6-4-2-3-5-7-15(14)19-16(20)9-8-13-10-11-18-12-13;/h13-15,18H,2-12H2,1H3,(H,19,20);1H. The molecule has 1 aliphatic carbocycles. The van der Waals surface area contributed by atoms with Crippen LogP contribution in [0.3, 0.4) is 0 Å². The van der Waals surface area contributed by atoms with Crippen molar-refractivity contribution in [2.45, 2.75) is 63.8 Å². The topological polar surface area (TPSA) is 67.4 Å². The fraction of sp³-hybridized carbons (Fsp3) is 0.882. The van der Waals surface area contributed by atoms with Gasteiger partial charge in [-0.05, 0) is 44.7 Å². The minimum atomic E-state index is -0.178. The van der Waals surface area contributed by atoms with Crippen LogP contribution >= 0.6 is 12.4 Å². The molecule has 1 amide bonds. The van der Waals surface area contributed by atoms with Crippen LogP contribution in [0.15, 0.2) is 0 Å². The van der Waals surface area contributed by atoms with E-state index in [2.05, 4.69) is 10.6 Å². The highest BCUT2D eigenvalue weighted by molar-refractivity contribution is 5.85. The summed E-state index contributed by atoms with van der Waals surface area (Å²) in [4.78, 5) is 24.2. The molecule has 1 heterocycles. The van der Waals surface area contributed by atoms with Gasteiger partial charge in [-0.15, -0.1) is 12.4 Å². The third-order valence-corrected chi connectivity index (χ3v) is 5.06. The van der Waals surface area contributed by atoms with E-state index in [1.54, 1.807) is 0 Å². The van der Waals surface area contributed by atoms with Crippen LogP contribution in [-0.2, 0) is 14.3 Å². The van der Waals surface area contributed by atoms with Gasteiger partial charge in [0.2, 0.25) is 5.91 Å². The van der Waals surface area contributed by atoms with Crippen molar-refractivity contribution in [3.63, 3.8) is 0 Å². The number of rotatable bonds is 5. The molecule has 1 saturated carbocycles. The van der Waals surface area contributed by atoms with Crippen molar-refractivity contribution < 1.29 is 14.3 Å². The quantitative estimate of drug-likeness (QED) is 0.750. The van der Waals surface area contributed by atoms with Crippen molar-refractivity contribution in [1.82, 2.24) is 10.6 Å². The van der Waals surface area contributed by atoms with Gasteiger partial charge in [0.05, 0.1) is 13.0 Å². The van der Waals surface area contributed by atoms with Gasteiger partial charge in [0.25, 0.3) is 0 Å². The maximum absolute atomic E-state index is 12.2. The van der Waals surface area contributed by atoms with E-state index in [1.165, 1.54) is 26.4 Å². The van der Waals surface area contributed by atoms with Gasteiger partial charge in [-0.1, -0.05) is 25.7 Å². The minimum Gasteiger partial charge on any atom is -0.469 e. The summed E-state index contributed by atoms with van der Waals surface area (Å²) in [6.45, 7) is 2.10. The molecule has 3 unspecified atom stereocenters. The maximum Gasteiger partial charge on any atom is 0.310 e. The molecule has 1 aliphatic heterocycles. The second-order valence-corrected chi connectivity index (χ2v) is 6.69. The van der Waals surface area contributed by atoms with Crippen LogP contribution in [0.4, 0.5) is 0 Å². The van der Waals surface area contributed by atoms with Crippen molar-refractivity contribution in [3.8, 4) is 0 Å². The second-order valence-electron chi connectivity index (χ2n) is 6.69. The van der Waals surface area contributed by atoms with Crippen LogP contribution in [0.1, 0.15) is 57.8 Å².